The zero-order chi connectivity index (χ0) is 42.8. The first-order chi connectivity index (χ1) is 32.2. The maximum absolute atomic E-state index is 6.74. The van der Waals surface area contributed by atoms with Crippen molar-refractivity contribution in [3.05, 3.63) is 224 Å². The van der Waals surface area contributed by atoms with Crippen molar-refractivity contribution in [3.63, 3.8) is 0 Å². The molecule has 0 fully saturated rings. The van der Waals surface area contributed by atoms with Crippen LogP contribution in [0.2, 0.25) is 0 Å². The van der Waals surface area contributed by atoms with Crippen LogP contribution in [-0.4, -0.2) is 15.0 Å². The van der Waals surface area contributed by atoms with E-state index in [1.165, 1.54) is 11.1 Å². The molecular weight excluding hydrogens is 791 g/mol. The summed E-state index contributed by atoms with van der Waals surface area (Å²) >= 11 is 0. The Morgan fingerprint density at radius 2 is 0.877 bits per heavy atom. The Morgan fingerprint density at radius 1 is 0.308 bits per heavy atom. The SMILES string of the molecule is c1ccc(-c2ccc(-c3c4c(cc5c(-c6cccc(-c7cc(-c8cccc9ccccc89)nc(-c8cccc9ccccc89)n7)c6)nc6ccccc6c35)oc3ccccc34)cc2)cc1. The van der Waals surface area contributed by atoms with E-state index in [0.717, 1.165) is 116 Å². The van der Waals surface area contributed by atoms with Crippen molar-refractivity contribution in [2.75, 3.05) is 0 Å². The second-order valence-electron chi connectivity index (χ2n) is 16.7. The van der Waals surface area contributed by atoms with E-state index in [0.29, 0.717) is 5.82 Å². The molecule has 0 aliphatic carbocycles. The minimum atomic E-state index is 0.678. The first kappa shape index (κ1) is 36.9. The molecule has 0 aliphatic rings. The molecule has 0 bridgehead atoms. The minimum absolute atomic E-state index is 0.678. The van der Waals surface area contributed by atoms with E-state index >= 15 is 0 Å². The molecule has 0 unspecified atom stereocenters. The van der Waals surface area contributed by atoms with Crippen LogP contribution in [0.5, 0.6) is 0 Å². The van der Waals surface area contributed by atoms with Crippen molar-refractivity contribution in [2.24, 2.45) is 0 Å². The Kier molecular flexibility index (Phi) is 8.50. The van der Waals surface area contributed by atoms with Crippen LogP contribution >= 0.6 is 0 Å². The highest BCUT2D eigenvalue weighted by molar-refractivity contribution is 6.27. The third-order valence-electron chi connectivity index (χ3n) is 12.9. The molecule has 3 heterocycles. The third-order valence-corrected chi connectivity index (χ3v) is 12.9. The van der Waals surface area contributed by atoms with Crippen molar-refractivity contribution in [1.29, 1.82) is 0 Å². The number of hydrogen-bond acceptors (Lipinski definition) is 4. The summed E-state index contributed by atoms with van der Waals surface area (Å²) < 4.78 is 6.74. The number of furan rings is 1. The van der Waals surface area contributed by atoms with Gasteiger partial charge in [-0.2, -0.15) is 0 Å². The summed E-state index contributed by atoms with van der Waals surface area (Å²) in [6.45, 7) is 0. The number of aromatic nitrogens is 3. The molecule has 0 amide bonds. The number of fused-ring (bicyclic) bond motifs is 8. The van der Waals surface area contributed by atoms with Gasteiger partial charge < -0.3 is 4.42 Å². The quantitative estimate of drug-likeness (QED) is 0.157. The Bertz CT molecular complexity index is 3890. The molecule has 10 aromatic carbocycles. The van der Waals surface area contributed by atoms with E-state index < -0.39 is 0 Å². The first-order valence-electron chi connectivity index (χ1n) is 22.0. The van der Waals surface area contributed by atoms with Gasteiger partial charge in [-0.3, -0.25) is 0 Å². The highest BCUT2D eigenvalue weighted by atomic mass is 16.3. The fraction of sp³-hybridized carbons (Fsp3) is 0. The number of nitrogens with zero attached hydrogens (tertiary/aromatic N) is 3. The number of hydrogen-bond donors (Lipinski definition) is 0. The molecule has 0 saturated carbocycles. The predicted molar refractivity (Wildman–Crippen MR) is 270 cm³/mol. The highest BCUT2D eigenvalue weighted by Crippen LogP contribution is 2.47. The molecule has 0 saturated heterocycles. The summed E-state index contributed by atoms with van der Waals surface area (Å²) in [6.07, 6.45) is 0. The van der Waals surface area contributed by atoms with Crippen LogP contribution in [0.4, 0.5) is 0 Å². The van der Waals surface area contributed by atoms with Crippen LogP contribution < -0.4 is 0 Å². The summed E-state index contributed by atoms with van der Waals surface area (Å²) in [5, 5.41) is 10.00. The fourth-order valence-electron chi connectivity index (χ4n) is 9.83. The average molecular weight is 828 g/mol. The van der Waals surface area contributed by atoms with Crippen LogP contribution in [0.15, 0.2) is 229 Å². The van der Waals surface area contributed by atoms with E-state index in [4.69, 9.17) is 19.4 Å². The van der Waals surface area contributed by atoms with E-state index in [1.54, 1.807) is 0 Å². The van der Waals surface area contributed by atoms with E-state index in [1.807, 2.05) is 6.07 Å². The van der Waals surface area contributed by atoms with Crippen LogP contribution in [-0.2, 0) is 0 Å². The van der Waals surface area contributed by atoms with Gasteiger partial charge in [0.05, 0.1) is 22.6 Å². The molecule has 4 heteroatoms. The maximum Gasteiger partial charge on any atom is 0.161 e. The molecule has 4 nitrogen and oxygen atoms in total. The van der Waals surface area contributed by atoms with Crippen LogP contribution in [0, 0.1) is 0 Å². The molecule has 65 heavy (non-hydrogen) atoms. The van der Waals surface area contributed by atoms with Gasteiger partial charge in [0.1, 0.15) is 11.2 Å². The van der Waals surface area contributed by atoms with Crippen molar-refractivity contribution >= 4 is 65.2 Å². The first-order valence-corrected chi connectivity index (χ1v) is 22.0. The fourth-order valence-corrected chi connectivity index (χ4v) is 9.83. The zero-order valence-corrected chi connectivity index (χ0v) is 35.1. The average Bonchev–Trinajstić information content (AvgIpc) is 3.76. The zero-order valence-electron chi connectivity index (χ0n) is 35.1. The van der Waals surface area contributed by atoms with Crippen molar-refractivity contribution in [3.8, 4) is 67.4 Å². The lowest BCUT2D eigenvalue weighted by molar-refractivity contribution is 0.669. The van der Waals surface area contributed by atoms with Crippen LogP contribution in [0.25, 0.3) is 133 Å². The van der Waals surface area contributed by atoms with Gasteiger partial charge in [-0.15, -0.1) is 0 Å². The topological polar surface area (TPSA) is 51.8 Å². The van der Waals surface area contributed by atoms with Crippen molar-refractivity contribution in [2.45, 2.75) is 0 Å². The Balaban J connectivity index is 1.06. The second-order valence-corrected chi connectivity index (χ2v) is 16.7. The van der Waals surface area contributed by atoms with Crippen LogP contribution in [0.1, 0.15) is 0 Å². The lowest BCUT2D eigenvalue weighted by Crippen LogP contribution is -1.97. The standard InChI is InChI=1S/C61H37N3O/c1-2-15-38(16-3-1)39-31-33-42(34-32-39)57-58-49-25-8-10-29-52(49)62-60(51(58)36-56-59(57)50-26-9-11-30-55(50)65-56)44-22-12-21-43(35-44)53-37-54(47-27-13-19-40-17-4-6-23-45(40)47)64-61(63-53)48-28-14-20-41-18-5-7-24-46(41)48/h1-37H. The van der Waals surface area contributed by atoms with Crippen molar-refractivity contribution in [1.82, 2.24) is 15.0 Å². The minimum Gasteiger partial charge on any atom is -0.456 e. The molecular formula is C61H37N3O. The largest absolute Gasteiger partial charge is 0.456 e. The van der Waals surface area contributed by atoms with Gasteiger partial charge in [0.15, 0.2) is 5.82 Å². The van der Waals surface area contributed by atoms with Gasteiger partial charge in [-0.1, -0.05) is 194 Å². The summed E-state index contributed by atoms with van der Waals surface area (Å²) in [5.41, 5.74) is 13.8. The number of pyridine rings is 1. The lowest BCUT2D eigenvalue weighted by atomic mass is 9.88. The van der Waals surface area contributed by atoms with E-state index in [-0.39, 0.29) is 0 Å². The summed E-state index contributed by atoms with van der Waals surface area (Å²) in [6, 6.07) is 79.1. The molecule has 3 aromatic heterocycles. The molecule has 302 valence electrons. The van der Waals surface area contributed by atoms with Crippen molar-refractivity contribution < 1.29 is 4.42 Å². The van der Waals surface area contributed by atoms with Gasteiger partial charge in [-0.25, -0.2) is 15.0 Å². The Morgan fingerprint density at radius 3 is 1.68 bits per heavy atom. The number of benzene rings is 10. The molecule has 13 aromatic rings. The smallest absolute Gasteiger partial charge is 0.161 e. The van der Waals surface area contributed by atoms with Gasteiger partial charge >= 0.3 is 0 Å². The summed E-state index contributed by atoms with van der Waals surface area (Å²) in [7, 11) is 0. The normalized spacial score (nSPS) is 11.7. The third kappa shape index (κ3) is 6.18. The van der Waals surface area contributed by atoms with Gasteiger partial charge in [0.2, 0.25) is 0 Å². The predicted octanol–water partition coefficient (Wildman–Crippen LogP) is 16.4. The second kappa shape index (κ2) is 15.0. The number of rotatable bonds is 6. The summed E-state index contributed by atoms with van der Waals surface area (Å²) in [4.78, 5) is 16.2. The molecule has 13 rings (SSSR count). The molecule has 0 N–H and O–H groups in total. The van der Waals surface area contributed by atoms with Gasteiger partial charge in [-0.05, 0) is 68.6 Å². The van der Waals surface area contributed by atoms with E-state index in [9.17, 15) is 0 Å². The maximum atomic E-state index is 6.74. The Labute approximate surface area is 374 Å². The Hall–Kier alpha value is -8.73. The molecule has 0 radical (unpaired) electrons. The number of para-hydroxylation sites is 2. The highest BCUT2D eigenvalue weighted by Gasteiger charge is 2.22. The monoisotopic (exact) mass is 827 g/mol. The molecule has 0 aliphatic heterocycles. The molecule has 0 spiro atoms. The summed E-state index contributed by atoms with van der Waals surface area (Å²) in [5.74, 6) is 0.678. The van der Waals surface area contributed by atoms with Gasteiger partial charge in [0.25, 0.3) is 0 Å². The van der Waals surface area contributed by atoms with Gasteiger partial charge in [0, 0.05) is 54.7 Å². The lowest BCUT2D eigenvalue weighted by Gasteiger charge is -2.16. The van der Waals surface area contributed by atoms with E-state index in [2.05, 4.69) is 218 Å². The van der Waals surface area contributed by atoms with Crippen LogP contribution in [0.3, 0.4) is 0 Å². The molecule has 0 atom stereocenters.